The van der Waals surface area contributed by atoms with Crippen molar-refractivity contribution in [3.05, 3.63) is 129 Å². The van der Waals surface area contributed by atoms with E-state index in [0.29, 0.717) is 76.7 Å². The maximum absolute atomic E-state index is 13.0. The summed E-state index contributed by atoms with van der Waals surface area (Å²) in [4.78, 5) is 26.0. The van der Waals surface area contributed by atoms with Gasteiger partial charge in [0.2, 0.25) is 0 Å². The quantitative estimate of drug-likeness (QED) is 0.0665. The Hall–Kier alpha value is -7.16. The van der Waals surface area contributed by atoms with Gasteiger partial charge in [0.15, 0.2) is 11.5 Å². The number of alkyl halides is 2. The number of amides is 2. The molecule has 0 saturated carbocycles. The summed E-state index contributed by atoms with van der Waals surface area (Å²) >= 11 is 0. The first-order valence-corrected chi connectivity index (χ1v) is 24.3. The minimum absolute atomic E-state index is 0.0818. The molecule has 3 N–H and O–H groups in total. The molecule has 6 aromatic rings. The normalized spacial score (nSPS) is 13.9. The highest BCUT2D eigenvalue weighted by Gasteiger charge is 2.32. The number of anilines is 3. The molecule has 0 radical (unpaired) electrons. The number of benzene rings is 4. The van der Waals surface area contributed by atoms with E-state index in [1.54, 1.807) is 42.5 Å². The summed E-state index contributed by atoms with van der Waals surface area (Å²) < 4.78 is 69.7. The molecule has 384 valence electrons. The maximum Gasteiger partial charge on any atom is 0.291 e. The number of aryl methyl sites for hydroxylation is 4. The molecule has 8 rings (SSSR count). The Balaban J connectivity index is 0.000000211. The second kappa shape index (κ2) is 22.9. The maximum atomic E-state index is 13.0. The zero-order valence-corrected chi connectivity index (χ0v) is 43.0. The van der Waals surface area contributed by atoms with Gasteiger partial charge >= 0.3 is 0 Å². The molecule has 0 unspecified atom stereocenters. The largest absolute Gasteiger partial charge is 0.494 e. The van der Waals surface area contributed by atoms with E-state index in [1.807, 2.05) is 13.0 Å². The Morgan fingerprint density at radius 3 is 1.83 bits per heavy atom. The van der Waals surface area contributed by atoms with Crippen molar-refractivity contribution in [1.82, 2.24) is 0 Å². The van der Waals surface area contributed by atoms with Gasteiger partial charge in [-0.05, 0) is 126 Å². The lowest BCUT2D eigenvalue weighted by molar-refractivity contribution is 0.0985. The standard InChI is InChI=1S/C29H34FNO5.C28H33FN2O5/c1-18-13-19-7-6-10-29(2,3)23(19)15-20(18)14-21-8-9-24(36-21)28(32)31-27-25(33-4)16-22(35-12-11-30)17-26(27)34-5;1-17-13-18-9-10-28(2,3)20(18)16-22(17)36-25-8-7-21(35-25)27(32)31-26-23(33-4)14-19(15-24(26)34-5)30-12-6-11-29/h8-9,13,15-17H,6-7,10-12,14H2,1-5H3,(H,31,32);7-8,13-16,30H,6,9-12H2,1-5H3,(H,31,32). The molecule has 2 aromatic heterocycles. The molecule has 15 heteroatoms. The lowest BCUT2D eigenvalue weighted by Gasteiger charge is -2.33. The van der Waals surface area contributed by atoms with Crippen LogP contribution in [0, 0.1) is 13.8 Å². The van der Waals surface area contributed by atoms with E-state index in [9.17, 15) is 18.4 Å². The number of nitrogens with one attached hydrogen (secondary N) is 3. The monoisotopic (exact) mass is 991 g/mol. The van der Waals surface area contributed by atoms with Crippen molar-refractivity contribution in [3.8, 4) is 40.4 Å². The van der Waals surface area contributed by atoms with Crippen molar-refractivity contribution in [2.24, 2.45) is 0 Å². The summed E-state index contributed by atoms with van der Waals surface area (Å²) in [6.45, 7) is 12.6. The molecule has 2 heterocycles. The first-order chi connectivity index (χ1) is 34.5. The number of fused-ring (bicyclic) bond motifs is 2. The van der Waals surface area contributed by atoms with Gasteiger partial charge in [-0.3, -0.25) is 14.0 Å². The zero-order valence-electron chi connectivity index (χ0n) is 43.0. The van der Waals surface area contributed by atoms with Gasteiger partial charge in [-0.25, -0.2) is 4.39 Å². The second-order valence-corrected chi connectivity index (χ2v) is 19.4. The molecule has 0 spiro atoms. The van der Waals surface area contributed by atoms with Crippen molar-refractivity contribution >= 4 is 28.9 Å². The molecule has 13 nitrogen and oxygen atoms in total. The predicted octanol–water partition coefficient (Wildman–Crippen LogP) is 13.1. The number of hydrogen-bond donors (Lipinski definition) is 3. The molecular formula is C57H67F2N3O10. The first-order valence-electron chi connectivity index (χ1n) is 24.3. The molecule has 2 aliphatic rings. The Labute approximate surface area is 420 Å². The number of ether oxygens (including phenoxy) is 6. The lowest BCUT2D eigenvalue weighted by atomic mass is 9.71. The van der Waals surface area contributed by atoms with Crippen LogP contribution in [0.5, 0.6) is 40.4 Å². The highest BCUT2D eigenvalue weighted by Crippen LogP contribution is 2.44. The molecule has 0 aliphatic heterocycles. The van der Waals surface area contributed by atoms with Crippen LogP contribution in [0.4, 0.5) is 25.8 Å². The third-order valence-electron chi connectivity index (χ3n) is 13.4. The van der Waals surface area contributed by atoms with Crippen LogP contribution in [0.25, 0.3) is 0 Å². The summed E-state index contributed by atoms with van der Waals surface area (Å²) in [5, 5.41) is 8.72. The van der Waals surface area contributed by atoms with Crippen molar-refractivity contribution in [2.75, 3.05) is 70.9 Å². The van der Waals surface area contributed by atoms with Gasteiger partial charge in [0.05, 0.1) is 35.1 Å². The van der Waals surface area contributed by atoms with Crippen molar-refractivity contribution in [2.45, 2.75) is 97.3 Å². The molecule has 0 atom stereocenters. The Kier molecular flexibility index (Phi) is 16.8. The van der Waals surface area contributed by atoms with E-state index in [0.717, 1.165) is 24.8 Å². The lowest BCUT2D eigenvalue weighted by Crippen LogP contribution is -2.24. The van der Waals surface area contributed by atoms with Crippen molar-refractivity contribution in [1.29, 1.82) is 0 Å². The van der Waals surface area contributed by atoms with E-state index in [4.69, 9.17) is 37.3 Å². The molecule has 0 saturated heterocycles. The molecule has 0 fully saturated rings. The SMILES string of the molecule is COc1cc(NCCCF)cc(OC)c1NC(=O)c1ccc(Oc2cc3c(cc2C)CCC3(C)C)o1.COc1cc(OCCF)cc(OC)c1NC(=O)c1ccc(Cc2cc3c(cc2C)CCCC3(C)C)o1. The number of halogens is 2. The van der Waals surface area contributed by atoms with Gasteiger partial charge in [-0.1, -0.05) is 45.9 Å². The highest BCUT2D eigenvalue weighted by atomic mass is 19.1. The molecule has 2 amide bonds. The van der Waals surface area contributed by atoms with Gasteiger partial charge in [-0.2, -0.15) is 0 Å². The number of carbonyl (C=O) groups is 2. The fourth-order valence-corrected chi connectivity index (χ4v) is 9.40. The van der Waals surface area contributed by atoms with Crippen molar-refractivity contribution in [3.63, 3.8) is 0 Å². The van der Waals surface area contributed by atoms with Crippen molar-refractivity contribution < 1.29 is 55.6 Å². The zero-order chi connectivity index (χ0) is 51.7. The Morgan fingerprint density at radius 1 is 0.639 bits per heavy atom. The average molecular weight is 992 g/mol. The topological polar surface area (TPSA) is 152 Å². The summed E-state index contributed by atoms with van der Waals surface area (Å²) in [5.41, 5.74) is 10.6. The summed E-state index contributed by atoms with van der Waals surface area (Å²) in [6.07, 6.45) is 6.70. The minimum atomic E-state index is -0.618. The van der Waals surface area contributed by atoms with E-state index < -0.39 is 25.2 Å². The van der Waals surface area contributed by atoms with Crippen LogP contribution in [0.2, 0.25) is 0 Å². The average Bonchev–Trinajstić information content (AvgIpc) is 4.11. The molecule has 72 heavy (non-hydrogen) atoms. The summed E-state index contributed by atoms with van der Waals surface area (Å²) in [5.74, 6) is 2.83. The van der Waals surface area contributed by atoms with E-state index in [-0.39, 0.29) is 34.9 Å². The second-order valence-electron chi connectivity index (χ2n) is 19.4. The smallest absolute Gasteiger partial charge is 0.291 e. The third-order valence-corrected chi connectivity index (χ3v) is 13.4. The molecule has 2 aliphatic carbocycles. The molecular weight excluding hydrogens is 925 g/mol. The van der Waals surface area contributed by atoms with E-state index in [1.165, 1.54) is 74.7 Å². The van der Waals surface area contributed by atoms with Gasteiger partial charge in [-0.15, -0.1) is 0 Å². The third kappa shape index (κ3) is 12.1. The Morgan fingerprint density at radius 2 is 1.21 bits per heavy atom. The van der Waals surface area contributed by atoms with Crippen LogP contribution >= 0.6 is 0 Å². The molecule has 0 bridgehead atoms. The number of hydrogen-bond acceptors (Lipinski definition) is 11. The van der Waals surface area contributed by atoms with Crippen LogP contribution in [-0.4, -0.2) is 66.8 Å². The fraction of sp³-hybridized carbons (Fsp3) is 0.404. The van der Waals surface area contributed by atoms with Gasteiger partial charge in [0.1, 0.15) is 64.9 Å². The van der Waals surface area contributed by atoms with Crippen LogP contribution in [0.1, 0.15) is 119 Å². The van der Waals surface area contributed by atoms with Gasteiger partial charge in [0, 0.05) is 49.0 Å². The Bertz CT molecular complexity index is 2830. The van der Waals surface area contributed by atoms with E-state index in [2.05, 4.69) is 74.8 Å². The summed E-state index contributed by atoms with van der Waals surface area (Å²) in [6, 6.07) is 22.1. The fourth-order valence-electron chi connectivity index (χ4n) is 9.40. The van der Waals surface area contributed by atoms with Gasteiger partial charge < -0.3 is 53.2 Å². The number of carbonyl (C=O) groups excluding carboxylic acids is 2. The van der Waals surface area contributed by atoms with Crippen LogP contribution in [-0.2, 0) is 30.1 Å². The number of rotatable bonds is 19. The number of furan rings is 2. The minimum Gasteiger partial charge on any atom is -0.494 e. The predicted molar refractivity (Wildman–Crippen MR) is 276 cm³/mol. The van der Waals surface area contributed by atoms with Crippen LogP contribution in [0.3, 0.4) is 0 Å². The highest BCUT2D eigenvalue weighted by molar-refractivity contribution is 6.05. The van der Waals surface area contributed by atoms with Crippen LogP contribution < -0.4 is 44.4 Å². The summed E-state index contributed by atoms with van der Waals surface area (Å²) in [7, 11) is 5.93. The van der Waals surface area contributed by atoms with Gasteiger partial charge in [0.25, 0.3) is 17.8 Å². The van der Waals surface area contributed by atoms with E-state index >= 15 is 0 Å². The first kappa shape index (κ1) is 52.7. The van der Waals surface area contributed by atoms with Crippen LogP contribution in [0.15, 0.2) is 81.6 Å². The molecule has 4 aromatic carbocycles. The number of methoxy groups -OCH3 is 4.